The molecule has 0 saturated carbocycles. The van der Waals surface area contributed by atoms with Crippen LogP contribution in [0.15, 0.2) is 12.2 Å². The highest BCUT2D eigenvalue weighted by atomic mass is 16.5. The summed E-state index contributed by atoms with van der Waals surface area (Å²) in [4.78, 5) is 21.4. The number of hydrogen-bond acceptors (Lipinski definition) is 3. The summed E-state index contributed by atoms with van der Waals surface area (Å²) in [6.45, 7) is 2.64. The van der Waals surface area contributed by atoms with E-state index in [2.05, 4.69) is 6.92 Å². The predicted octanol–water partition coefficient (Wildman–Crippen LogP) is 6.43. The summed E-state index contributed by atoms with van der Waals surface area (Å²) in [5, 5.41) is 8.39. The zero-order chi connectivity index (χ0) is 19.3. The monoisotopic (exact) mass is 368 g/mol. The third kappa shape index (κ3) is 20.7. The van der Waals surface area contributed by atoms with E-state index in [0.717, 1.165) is 25.0 Å². The number of esters is 1. The Kier molecular flexibility index (Phi) is 19.0. The van der Waals surface area contributed by atoms with Gasteiger partial charge in [0.05, 0.1) is 6.61 Å². The normalized spacial score (nSPS) is 11.1. The molecule has 0 bridgehead atoms. The van der Waals surface area contributed by atoms with Gasteiger partial charge in [0.25, 0.3) is 0 Å². The van der Waals surface area contributed by atoms with Gasteiger partial charge in [0.1, 0.15) is 0 Å². The van der Waals surface area contributed by atoms with Crippen molar-refractivity contribution in [1.82, 2.24) is 0 Å². The zero-order valence-corrected chi connectivity index (χ0v) is 16.8. The van der Waals surface area contributed by atoms with E-state index in [0.29, 0.717) is 6.61 Å². The van der Waals surface area contributed by atoms with Gasteiger partial charge in [-0.1, -0.05) is 103 Å². The second-order valence-corrected chi connectivity index (χ2v) is 7.14. The number of rotatable bonds is 19. The maximum absolute atomic E-state index is 11.1. The van der Waals surface area contributed by atoms with E-state index >= 15 is 0 Å². The van der Waals surface area contributed by atoms with Crippen molar-refractivity contribution in [2.75, 3.05) is 6.61 Å². The van der Waals surface area contributed by atoms with Crippen LogP contribution in [0.5, 0.6) is 0 Å². The molecule has 152 valence electrons. The molecule has 0 rings (SSSR count). The number of aliphatic carboxylic acids is 1. The van der Waals surface area contributed by atoms with Crippen LogP contribution in [0.1, 0.15) is 110 Å². The average Bonchev–Trinajstić information content (AvgIpc) is 2.62. The maximum atomic E-state index is 11.1. The Balaban J connectivity index is 3.13. The van der Waals surface area contributed by atoms with Gasteiger partial charge in [-0.25, -0.2) is 9.59 Å². The lowest BCUT2D eigenvalue weighted by molar-refractivity contribution is -0.138. The van der Waals surface area contributed by atoms with Crippen LogP contribution >= 0.6 is 0 Å². The van der Waals surface area contributed by atoms with Crippen LogP contribution in [0.2, 0.25) is 0 Å². The zero-order valence-electron chi connectivity index (χ0n) is 16.8. The fraction of sp³-hybridized carbons (Fsp3) is 0.818. The van der Waals surface area contributed by atoms with E-state index in [1.165, 1.54) is 89.9 Å². The Bertz CT molecular complexity index is 363. The number of carbonyl (C=O) groups excluding carboxylic acids is 1. The molecule has 4 nitrogen and oxygen atoms in total. The Hall–Kier alpha value is -1.32. The quantitative estimate of drug-likeness (QED) is 0.162. The Labute approximate surface area is 160 Å². The highest BCUT2D eigenvalue weighted by Gasteiger charge is 1.98. The van der Waals surface area contributed by atoms with Gasteiger partial charge in [0.2, 0.25) is 0 Å². The third-order valence-corrected chi connectivity index (χ3v) is 4.60. The van der Waals surface area contributed by atoms with E-state index in [1.54, 1.807) is 0 Å². The summed E-state index contributed by atoms with van der Waals surface area (Å²) in [5.41, 5.74) is 0. The van der Waals surface area contributed by atoms with Crippen LogP contribution < -0.4 is 0 Å². The number of carboxylic acid groups (broad SMARTS) is 1. The molecular formula is C22H40O4. The largest absolute Gasteiger partial charge is 0.478 e. The first-order valence-corrected chi connectivity index (χ1v) is 10.7. The summed E-state index contributed by atoms with van der Waals surface area (Å²) in [6, 6.07) is 0. The third-order valence-electron chi connectivity index (χ3n) is 4.60. The first-order valence-electron chi connectivity index (χ1n) is 10.7. The number of carboxylic acids is 1. The summed E-state index contributed by atoms with van der Waals surface area (Å²) in [5.74, 6) is -1.71. The summed E-state index contributed by atoms with van der Waals surface area (Å²) in [7, 11) is 0. The van der Waals surface area contributed by atoms with Gasteiger partial charge in [-0.15, -0.1) is 0 Å². The SMILES string of the molecule is CCCCCCCCCCCCCCCCCCOC(=O)C=CC(=O)O. The van der Waals surface area contributed by atoms with Crippen LogP contribution in [0.4, 0.5) is 0 Å². The molecular weight excluding hydrogens is 328 g/mol. The van der Waals surface area contributed by atoms with Crippen molar-refractivity contribution in [1.29, 1.82) is 0 Å². The van der Waals surface area contributed by atoms with E-state index < -0.39 is 11.9 Å². The number of unbranched alkanes of at least 4 members (excludes halogenated alkanes) is 15. The van der Waals surface area contributed by atoms with Crippen molar-refractivity contribution in [3.63, 3.8) is 0 Å². The van der Waals surface area contributed by atoms with E-state index in [9.17, 15) is 9.59 Å². The maximum Gasteiger partial charge on any atom is 0.331 e. The molecule has 0 radical (unpaired) electrons. The van der Waals surface area contributed by atoms with Crippen molar-refractivity contribution >= 4 is 11.9 Å². The second-order valence-electron chi connectivity index (χ2n) is 7.14. The van der Waals surface area contributed by atoms with E-state index in [4.69, 9.17) is 9.84 Å². The van der Waals surface area contributed by atoms with Crippen molar-refractivity contribution < 1.29 is 19.4 Å². The van der Waals surface area contributed by atoms with Gasteiger partial charge in [-0.2, -0.15) is 0 Å². The molecule has 0 spiro atoms. The van der Waals surface area contributed by atoms with Crippen LogP contribution in [0.3, 0.4) is 0 Å². The van der Waals surface area contributed by atoms with E-state index in [1.807, 2.05) is 0 Å². The molecule has 0 aliphatic heterocycles. The Morgan fingerprint density at radius 2 is 1.04 bits per heavy atom. The van der Waals surface area contributed by atoms with Gasteiger partial charge in [-0.05, 0) is 6.42 Å². The first kappa shape index (κ1) is 24.7. The van der Waals surface area contributed by atoms with Crippen molar-refractivity contribution in [2.45, 2.75) is 110 Å². The highest BCUT2D eigenvalue weighted by Crippen LogP contribution is 2.13. The lowest BCUT2D eigenvalue weighted by Crippen LogP contribution is -2.03. The second kappa shape index (κ2) is 20.0. The van der Waals surface area contributed by atoms with Crippen molar-refractivity contribution in [3.8, 4) is 0 Å². The average molecular weight is 369 g/mol. The van der Waals surface area contributed by atoms with Gasteiger partial charge in [0, 0.05) is 12.2 Å². The van der Waals surface area contributed by atoms with Gasteiger partial charge in [0.15, 0.2) is 0 Å². The fourth-order valence-electron chi connectivity index (χ4n) is 3.01. The minimum Gasteiger partial charge on any atom is -0.478 e. The summed E-state index contributed by atoms with van der Waals surface area (Å²) < 4.78 is 4.92. The molecule has 0 saturated heterocycles. The number of hydrogen-bond donors (Lipinski definition) is 1. The minimum atomic E-state index is -1.13. The van der Waals surface area contributed by atoms with Crippen LogP contribution in [-0.4, -0.2) is 23.7 Å². The molecule has 4 heteroatoms. The Morgan fingerprint density at radius 1 is 0.654 bits per heavy atom. The molecule has 0 aromatic heterocycles. The fourth-order valence-corrected chi connectivity index (χ4v) is 3.01. The highest BCUT2D eigenvalue weighted by molar-refractivity contribution is 5.90. The van der Waals surface area contributed by atoms with Crippen LogP contribution in [-0.2, 0) is 14.3 Å². The molecule has 0 aliphatic carbocycles. The molecule has 0 aromatic rings. The minimum absolute atomic E-state index is 0.376. The van der Waals surface area contributed by atoms with Gasteiger partial charge < -0.3 is 9.84 Å². The number of carbonyl (C=O) groups is 2. The lowest BCUT2D eigenvalue weighted by atomic mass is 10.0. The number of ether oxygens (including phenoxy) is 1. The molecule has 0 unspecified atom stereocenters. The smallest absolute Gasteiger partial charge is 0.331 e. The van der Waals surface area contributed by atoms with Crippen molar-refractivity contribution in [2.24, 2.45) is 0 Å². The van der Waals surface area contributed by atoms with Gasteiger partial charge >= 0.3 is 11.9 Å². The van der Waals surface area contributed by atoms with Gasteiger partial charge in [-0.3, -0.25) is 0 Å². The first-order chi connectivity index (χ1) is 12.7. The Morgan fingerprint density at radius 3 is 1.42 bits per heavy atom. The molecule has 0 aromatic carbocycles. The standard InChI is InChI=1S/C22H40O4/c1-2-3-4-5-6-7-8-9-10-11-12-13-14-15-16-17-20-26-22(25)19-18-21(23)24/h18-19H,2-17,20H2,1H3,(H,23,24). The lowest BCUT2D eigenvalue weighted by Gasteiger charge is -2.04. The molecule has 0 atom stereocenters. The van der Waals surface area contributed by atoms with Crippen molar-refractivity contribution in [3.05, 3.63) is 12.2 Å². The molecule has 26 heavy (non-hydrogen) atoms. The van der Waals surface area contributed by atoms with E-state index in [-0.39, 0.29) is 0 Å². The molecule has 0 heterocycles. The summed E-state index contributed by atoms with van der Waals surface area (Å²) in [6.07, 6.45) is 22.7. The molecule has 0 amide bonds. The molecule has 0 fully saturated rings. The molecule has 1 N–H and O–H groups in total. The van der Waals surface area contributed by atoms with Crippen LogP contribution in [0.25, 0.3) is 0 Å². The molecule has 0 aliphatic rings. The summed E-state index contributed by atoms with van der Waals surface area (Å²) >= 11 is 0. The topological polar surface area (TPSA) is 63.6 Å². The van der Waals surface area contributed by atoms with Crippen LogP contribution in [0, 0.1) is 0 Å². The predicted molar refractivity (Wildman–Crippen MR) is 107 cm³/mol.